The third-order valence-electron chi connectivity index (χ3n) is 3.07. The van der Waals surface area contributed by atoms with E-state index in [0.29, 0.717) is 32.7 Å². The van der Waals surface area contributed by atoms with Gasteiger partial charge in [-0.05, 0) is 25.9 Å². The van der Waals surface area contributed by atoms with Gasteiger partial charge < -0.3 is 24.3 Å². The van der Waals surface area contributed by atoms with E-state index in [1.54, 1.807) is 14.2 Å². The van der Waals surface area contributed by atoms with Gasteiger partial charge in [-0.3, -0.25) is 0 Å². The molecule has 0 aromatic carbocycles. The lowest BCUT2D eigenvalue weighted by Crippen LogP contribution is -2.50. The van der Waals surface area contributed by atoms with Crippen LogP contribution >= 0.6 is 0 Å². The van der Waals surface area contributed by atoms with E-state index in [0.717, 1.165) is 13.1 Å². The zero-order valence-corrected chi connectivity index (χ0v) is 11.2. The van der Waals surface area contributed by atoms with E-state index in [4.69, 9.17) is 18.9 Å². The number of methoxy groups -OCH3 is 2. The summed E-state index contributed by atoms with van der Waals surface area (Å²) in [7, 11) is 3.17. The van der Waals surface area contributed by atoms with Crippen molar-refractivity contribution in [1.82, 2.24) is 5.32 Å². The van der Waals surface area contributed by atoms with Crippen LogP contribution in [0.2, 0.25) is 0 Å². The van der Waals surface area contributed by atoms with Gasteiger partial charge in [-0.25, -0.2) is 4.79 Å². The molecular weight excluding hydrogens is 238 g/mol. The maximum absolute atomic E-state index is 12.0. The van der Waals surface area contributed by atoms with Crippen molar-refractivity contribution in [3.05, 3.63) is 0 Å². The predicted octanol–water partition coefficient (Wildman–Crippen LogP) is -0.0388. The maximum Gasteiger partial charge on any atom is 0.338 e. The molecule has 1 N–H and O–H groups in total. The van der Waals surface area contributed by atoms with Crippen LogP contribution in [0.25, 0.3) is 0 Å². The highest BCUT2D eigenvalue weighted by Gasteiger charge is 2.41. The molecule has 6 heteroatoms. The molecule has 1 aliphatic rings. The Labute approximate surface area is 108 Å². The van der Waals surface area contributed by atoms with E-state index in [9.17, 15) is 4.79 Å². The number of hydrogen-bond donors (Lipinski definition) is 1. The topological polar surface area (TPSA) is 66.0 Å². The zero-order valence-electron chi connectivity index (χ0n) is 11.2. The Bertz CT molecular complexity index is 241. The fourth-order valence-corrected chi connectivity index (χ4v) is 1.89. The minimum absolute atomic E-state index is 0.251. The van der Waals surface area contributed by atoms with Gasteiger partial charge in [0.1, 0.15) is 6.61 Å². The molecule has 0 aromatic heterocycles. The molecule has 18 heavy (non-hydrogen) atoms. The maximum atomic E-state index is 12.0. The van der Waals surface area contributed by atoms with Crippen molar-refractivity contribution in [2.45, 2.75) is 18.4 Å². The average molecular weight is 261 g/mol. The SMILES string of the molecule is COCCOCCOC(=O)C1(OC)CCNCC1. The first kappa shape index (κ1) is 15.4. The summed E-state index contributed by atoms with van der Waals surface area (Å²) in [6.07, 6.45) is 1.29. The number of nitrogens with one attached hydrogen (secondary N) is 1. The van der Waals surface area contributed by atoms with Crippen molar-refractivity contribution < 1.29 is 23.7 Å². The Morgan fingerprint density at radius 1 is 1.11 bits per heavy atom. The summed E-state index contributed by atoms with van der Waals surface area (Å²) >= 11 is 0. The second-order valence-electron chi connectivity index (χ2n) is 4.19. The first-order valence-electron chi connectivity index (χ1n) is 6.25. The van der Waals surface area contributed by atoms with E-state index in [1.165, 1.54) is 0 Å². The van der Waals surface area contributed by atoms with Crippen molar-refractivity contribution in [3.63, 3.8) is 0 Å². The molecule has 0 aromatic rings. The summed E-state index contributed by atoms with van der Waals surface area (Å²) in [5.74, 6) is -0.290. The molecule has 1 fully saturated rings. The van der Waals surface area contributed by atoms with Gasteiger partial charge in [-0.1, -0.05) is 0 Å². The van der Waals surface area contributed by atoms with Crippen molar-refractivity contribution in [2.75, 3.05) is 53.7 Å². The third kappa shape index (κ3) is 4.53. The van der Waals surface area contributed by atoms with Crippen LogP contribution in [0.5, 0.6) is 0 Å². The molecule has 1 rings (SSSR count). The normalized spacial score (nSPS) is 18.6. The number of rotatable bonds is 8. The van der Waals surface area contributed by atoms with E-state index >= 15 is 0 Å². The summed E-state index contributed by atoms with van der Waals surface area (Å²) in [5.41, 5.74) is -0.780. The molecular formula is C12H23NO5. The van der Waals surface area contributed by atoms with Gasteiger partial charge in [-0.2, -0.15) is 0 Å². The van der Waals surface area contributed by atoms with Crippen LogP contribution in [-0.4, -0.2) is 65.3 Å². The van der Waals surface area contributed by atoms with Crippen LogP contribution in [0.3, 0.4) is 0 Å². The second kappa shape index (κ2) is 8.42. The Balaban J connectivity index is 2.21. The van der Waals surface area contributed by atoms with E-state index in [-0.39, 0.29) is 12.6 Å². The van der Waals surface area contributed by atoms with Crippen molar-refractivity contribution >= 4 is 5.97 Å². The lowest BCUT2D eigenvalue weighted by Gasteiger charge is -2.33. The van der Waals surface area contributed by atoms with Crippen molar-refractivity contribution in [3.8, 4) is 0 Å². The van der Waals surface area contributed by atoms with Crippen LogP contribution in [0.4, 0.5) is 0 Å². The molecule has 106 valence electrons. The third-order valence-corrected chi connectivity index (χ3v) is 3.07. The number of carbonyl (C=O) groups excluding carboxylic acids is 1. The van der Waals surface area contributed by atoms with E-state index in [1.807, 2.05) is 0 Å². The molecule has 0 saturated carbocycles. The molecule has 0 amide bonds. The molecule has 0 aliphatic carbocycles. The van der Waals surface area contributed by atoms with Crippen LogP contribution in [0.1, 0.15) is 12.8 Å². The lowest BCUT2D eigenvalue weighted by atomic mass is 9.92. The van der Waals surface area contributed by atoms with Crippen LogP contribution in [0.15, 0.2) is 0 Å². The summed E-state index contributed by atoms with van der Waals surface area (Å²) < 4.78 is 20.6. The van der Waals surface area contributed by atoms with Gasteiger partial charge in [-0.15, -0.1) is 0 Å². The summed E-state index contributed by atoms with van der Waals surface area (Å²) in [6.45, 7) is 3.23. The largest absolute Gasteiger partial charge is 0.461 e. The van der Waals surface area contributed by atoms with E-state index in [2.05, 4.69) is 5.32 Å². The summed E-state index contributed by atoms with van der Waals surface area (Å²) in [5, 5.41) is 3.19. The van der Waals surface area contributed by atoms with Crippen LogP contribution in [0, 0.1) is 0 Å². The fraction of sp³-hybridized carbons (Fsp3) is 0.917. The van der Waals surface area contributed by atoms with Gasteiger partial charge in [0.25, 0.3) is 0 Å². The summed E-state index contributed by atoms with van der Waals surface area (Å²) in [4.78, 5) is 12.0. The highest BCUT2D eigenvalue weighted by atomic mass is 16.6. The standard InChI is InChI=1S/C12H23NO5/c1-15-7-8-17-9-10-18-11(14)12(16-2)3-5-13-6-4-12/h13H,3-10H2,1-2H3. The average Bonchev–Trinajstić information content (AvgIpc) is 2.43. The fourth-order valence-electron chi connectivity index (χ4n) is 1.89. The second-order valence-corrected chi connectivity index (χ2v) is 4.19. The van der Waals surface area contributed by atoms with Gasteiger partial charge in [0.15, 0.2) is 5.60 Å². The number of hydrogen-bond acceptors (Lipinski definition) is 6. The smallest absolute Gasteiger partial charge is 0.338 e. The molecule has 0 radical (unpaired) electrons. The Morgan fingerprint density at radius 2 is 1.78 bits per heavy atom. The quantitative estimate of drug-likeness (QED) is 0.488. The van der Waals surface area contributed by atoms with Crippen LogP contribution in [-0.2, 0) is 23.7 Å². The predicted molar refractivity (Wildman–Crippen MR) is 65.5 cm³/mol. The summed E-state index contributed by atoms with van der Waals surface area (Å²) in [6, 6.07) is 0. The molecule has 1 aliphatic heterocycles. The van der Waals surface area contributed by atoms with Gasteiger partial charge in [0, 0.05) is 14.2 Å². The Hall–Kier alpha value is -0.690. The highest BCUT2D eigenvalue weighted by molar-refractivity contribution is 5.79. The van der Waals surface area contributed by atoms with Gasteiger partial charge in [0.2, 0.25) is 0 Å². The minimum atomic E-state index is -0.780. The lowest BCUT2D eigenvalue weighted by molar-refractivity contribution is -0.174. The number of esters is 1. The van der Waals surface area contributed by atoms with Gasteiger partial charge in [0.05, 0.1) is 19.8 Å². The van der Waals surface area contributed by atoms with Crippen molar-refractivity contribution in [2.24, 2.45) is 0 Å². The highest BCUT2D eigenvalue weighted by Crippen LogP contribution is 2.23. The number of ether oxygens (including phenoxy) is 4. The number of piperidine rings is 1. The van der Waals surface area contributed by atoms with Crippen molar-refractivity contribution in [1.29, 1.82) is 0 Å². The monoisotopic (exact) mass is 261 g/mol. The van der Waals surface area contributed by atoms with Gasteiger partial charge >= 0.3 is 5.97 Å². The van der Waals surface area contributed by atoms with Crippen LogP contribution < -0.4 is 5.32 Å². The zero-order chi connectivity index (χ0) is 13.3. The molecule has 0 spiro atoms. The van der Waals surface area contributed by atoms with E-state index < -0.39 is 5.60 Å². The molecule has 0 atom stereocenters. The minimum Gasteiger partial charge on any atom is -0.461 e. The Morgan fingerprint density at radius 3 is 2.39 bits per heavy atom. The molecule has 0 unspecified atom stereocenters. The first-order valence-corrected chi connectivity index (χ1v) is 6.25. The molecule has 1 saturated heterocycles. The number of carbonyl (C=O) groups is 1. The molecule has 1 heterocycles. The Kier molecular flexibility index (Phi) is 7.19. The first-order chi connectivity index (χ1) is 8.75. The molecule has 0 bridgehead atoms. The molecule has 6 nitrogen and oxygen atoms in total.